The third-order valence-corrected chi connectivity index (χ3v) is 4.35. The molecule has 0 saturated heterocycles. The number of hydrogen-bond acceptors (Lipinski definition) is 3. The molecule has 27 heavy (non-hydrogen) atoms. The van der Waals surface area contributed by atoms with E-state index in [4.69, 9.17) is 0 Å². The van der Waals surface area contributed by atoms with E-state index >= 15 is 0 Å². The number of aromatic amines is 1. The van der Waals surface area contributed by atoms with Gasteiger partial charge in [0.2, 0.25) is 5.91 Å². The molecule has 3 rings (SSSR count). The van der Waals surface area contributed by atoms with Crippen LogP contribution in [0.5, 0.6) is 0 Å². The number of hydrogen-bond donors (Lipinski definition) is 2. The van der Waals surface area contributed by atoms with Gasteiger partial charge in [0.25, 0.3) is 5.56 Å². The fraction of sp³-hybridized carbons (Fsp3) is 0.227. The van der Waals surface area contributed by atoms with Gasteiger partial charge in [-0.3, -0.25) is 9.59 Å². The summed E-state index contributed by atoms with van der Waals surface area (Å²) >= 11 is 0. The molecule has 0 bridgehead atoms. The lowest BCUT2D eigenvalue weighted by Crippen LogP contribution is -2.30. The maximum absolute atomic E-state index is 12.5. The minimum atomic E-state index is -0.233. The van der Waals surface area contributed by atoms with Crippen LogP contribution in [-0.2, 0) is 17.6 Å². The molecule has 138 valence electrons. The van der Waals surface area contributed by atoms with Gasteiger partial charge in [0, 0.05) is 18.9 Å². The van der Waals surface area contributed by atoms with Crippen LogP contribution >= 0.6 is 0 Å². The van der Waals surface area contributed by atoms with E-state index in [1.54, 1.807) is 6.92 Å². The average molecular weight is 361 g/mol. The second-order valence-electron chi connectivity index (χ2n) is 6.54. The molecule has 5 nitrogen and oxygen atoms in total. The number of amides is 1. The summed E-state index contributed by atoms with van der Waals surface area (Å²) in [6, 6.07) is 21.0. The van der Waals surface area contributed by atoms with Crippen LogP contribution in [0.3, 0.4) is 0 Å². The number of carbonyl (C=O) groups is 1. The van der Waals surface area contributed by atoms with Crippen LogP contribution in [0.15, 0.2) is 71.5 Å². The van der Waals surface area contributed by atoms with Crippen molar-refractivity contribution in [3.05, 3.63) is 99.7 Å². The molecule has 1 unspecified atom stereocenters. The van der Waals surface area contributed by atoms with Gasteiger partial charge in [-0.15, -0.1) is 0 Å². The minimum absolute atomic E-state index is 0.0192. The van der Waals surface area contributed by atoms with Crippen molar-refractivity contribution in [1.29, 1.82) is 0 Å². The Labute approximate surface area is 158 Å². The van der Waals surface area contributed by atoms with E-state index in [1.807, 2.05) is 60.7 Å². The SMILES string of the molecule is Cc1nc(CC(NC(=O)CCc2ccccc2)c2ccccc2)cc(=O)[nH]1. The fourth-order valence-electron chi connectivity index (χ4n) is 3.06. The molecule has 3 aromatic rings. The predicted molar refractivity (Wildman–Crippen MR) is 105 cm³/mol. The number of aromatic nitrogens is 2. The first kappa shape index (κ1) is 18.6. The summed E-state index contributed by atoms with van der Waals surface area (Å²) in [7, 11) is 0. The third-order valence-electron chi connectivity index (χ3n) is 4.35. The highest BCUT2D eigenvalue weighted by molar-refractivity contribution is 5.76. The Hall–Kier alpha value is -3.21. The Morgan fingerprint density at radius 1 is 1.07 bits per heavy atom. The molecule has 0 aliphatic heterocycles. The zero-order valence-electron chi connectivity index (χ0n) is 15.3. The van der Waals surface area contributed by atoms with Gasteiger partial charge in [0.15, 0.2) is 0 Å². The van der Waals surface area contributed by atoms with E-state index < -0.39 is 0 Å². The quantitative estimate of drug-likeness (QED) is 0.679. The molecule has 1 heterocycles. The maximum Gasteiger partial charge on any atom is 0.251 e. The molecule has 1 aromatic heterocycles. The van der Waals surface area contributed by atoms with Crippen molar-refractivity contribution in [3.8, 4) is 0 Å². The highest BCUT2D eigenvalue weighted by atomic mass is 16.1. The Morgan fingerprint density at radius 3 is 2.41 bits per heavy atom. The molecule has 5 heteroatoms. The molecule has 1 atom stereocenters. The van der Waals surface area contributed by atoms with E-state index in [1.165, 1.54) is 6.07 Å². The number of nitrogens with one attached hydrogen (secondary N) is 2. The summed E-state index contributed by atoms with van der Waals surface area (Å²) in [6.07, 6.45) is 1.57. The molecular weight excluding hydrogens is 338 g/mol. The van der Waals surface area contributed by atoms with Crippen molar-refractivity contribution in [1.82, 2.24) is 15.3 Å². The fourth-order valence-corrected chi connectivity index (χ4v) is 3.06. The zero-order valence-corrected chi connectivity index (χ0v) is 15.3. The first-order valence-electron chi connectivity index (χ1n) is 9.05. The van der Waals surface area contributed by atoms with E-state index in [0.29, 0.717) is 30.8 Å². The van der Waals surface area contributed by atoms with Crippen molar-refractivity contribution in [2.75, 3.05) is 0 Å². The summed E-state index contributed by atoms with van der Waals surface area (Å²) < 4.78 is 0. The van der Waals surface area contributed by atoms with E-state index in [-0.39, 0.29) is 17.5 Å². The monoisotopic (exact) mass is 361 g/mol. The van der Waals surface area contributed by atoms with Crippen LogP contribution in [-0.4, -0.2) is 15.9 Å². The topological polar surface area (TPSA) is 74.8 Å². The second kappa shape index (κ2) is 8.94. The summed E-state index contributed by atoms with van der Waals surface area (Å²) in [6.45, 7) is 1.75. The van der Waals surface area contributed by atoms with Crippen LogP contribution in [0.1, 0.15) is 35.1 Å². The number of rotatable bonds is 7. The first-order chi connectivity index (χ1) is 13.1. The minimum Gasteiger partial charge on any atom is -0.349 e. The summed E-state index contributed by atoms with van der Waals surface area (Å²) in [5, 5.41) is 3.10. The summed E-state index contributed by atoms with van der Waals surface area (Å²) in [5.74, 6) is 0.550. The number of nitrogens with zero attached hydrogens (tertiary/aromatic N) is 1. The number of carbonyl (C=O) groups excluding carboxylic acids is 1. The Balaban J connectivity index is 1.72. The van der Waals surface area contributed by atoms with Gasteiger partial charge in [-0.2, -0.15) is 0 Å². The van der Waals surface area contributed by atoms with Crippen molar-refractivity contribution in [3.63, 3.8) is 0 Å². The third kappa shape index (κ3) is 5.64. The van der Waals surface area contributed by atoms with Gasteiger partial charge in [-0.25, -0.2) is 4.98 Å². The molecule has 0 radical (unpaired) electrons. The van der Waals surface area contributed by atoms with Crippen LogP contribution in [0.25, 0.3) is 0 Å². The zero-order chi connectivity index (χ0) is 19.1. The van der Waals surface area contributed by atoms with Crippen molar-refractivity contribution in [2.45, 2.75) is 32.2 Å². The summed E-state index contributed by atoms with van der Waals surface area (Å²) in [4.78, 5) is 31.3. The van der Waals surface area contributed by atoms with E-state index in [2.05, 4.69) is 15.3 Å². The lowest BCUT2D eigenvalue weighted by atomic mass is 10.0. The molecule has 1 amide bonds. The second-order valence-corrected chi connectivity index (χ2v) is 6.54. The highest BCUT2D eigenvalue weighted by Gasteiger charge is 2.16. The van der Waals surface area contributed by atoms with E-state index in [0.717, 1.165) is 11.1 Å². The Kier molecular flexibility index (Phi) is 6.15. The lowest BCUT2D eigenvalue weighted by Gasteiger charge is -2.19. The van der Waals surface area contributed by atoms with Gasteiger partial charge in [0.1, 0.15) is 5.82 Å². The van der Waals surface area contributed by atoms with Gasteiger partial charge >= 0.3 is 0 Å². The standard InChI is InChI=1S/C22H23N3O2/c1-16-23-19(15-22(27)24-16)14-20(18-10-6-3-7-11-18)25-21(26)13-12-17-8-4-2-5-9-17/h2-11,15,20H,12-14H2,1H3,(H,25,26)(H,23,24,27). The van der Waals surface area contributed by atoms with Crippen LogP contribution in [0, 0.1) is 6.92 Å². The molecule has 0 spiro atoms. The molecule has 0 aliphatic carbocycles. The van der Waals surface area contributed by atoms with Crippen molar-refractivity contribution in [2.24, 2.45) is 0 Å². The van der Waals surface area contributed by atoms with Gasteiger partial charge < -0.3 is 10.3 Å². The van der Waals surface area contributed by atoms with Crippen molar-refractivity contribution >= 4 is 5.91 Å². The Morgan fingerprint density at radius 2 is 1.74 bits per heavy atom. The van der Waals surface area contributed by atoms with Gasteiger partial charge in [-0.05, 0) is 24.5 Å². The molecule has 0 saturated carbocycles. The Bertz CT molecular complexity index is 937. The van der Waals surface area contributed by atoms with Gasteiger partial charge in [-0.1, -0.05) is 60.7 Å². The molecule has 0 fully saturated rings. The lowest BCUT2D eigenvalue weighted by molar-refractivity contribution is -0.121. The van der Waals surface area contributed by atoms with Gasteiger partial charge in [0.05, 0.1) is 11.7 Å². The molecular formula is C22H23N3O2. The van der Waals surface area contributed by atoms with Crippen LogP contribution < -0.4 is 10.9 Å². The number of aryl methyl sites for hydroxylation is 2. The number of H-pyrrole nitrogens is 1. The molecule has 2 aromatic carbocycles. The normalized spacial score (nSPS) is 11.7. The van der Waals surface area contributed by atoms with Crippen LogP contribution in [0.2, 0.25) is 0 Å². The maximum atomic E-state index is 12.5. The summed E-state index contributed by atoms with van der Waals surface area (Å²) in [5.41, 5.74) is 2.61. The number of benzene rings is 2. The largest absolute Gasteiger partial charge is 0.349 e. The predicted octanol–water partition coefficient (Wildman–Crippen LogP) is 3.11. The van der Waals surface area contributed by atoms with E-state index in [9.17, 15) is 9.59 Å². The highest BCUT2D eigenvalue weighted by Crippen LogP contribution is 2.17. The molecule has 2 N–H and O–H groups in total. The average Bonchev–Trinajstić information content (AvgIpc) is 2.67. The molecule has 0 aliphatic rings. The van der Waals surface area contributed by atoms with Crippen LogP contribution in [0.4, 0.5) is 0 Å². The first-order valence-corrected chi connectivity index (χ1v) is 9.05. The van der Waals surface area contributed by atoms with Crippen molar-refractivity contribution < 1.29 is 4.79 Å². The smallest absolute Gasteiger partial charge is 0.251 e.